The first-order valence-corrected chi connectivity index (χ1v) is 24.3. The van der Waals surface area contributed by atoms with E-state index in [-0.39, 0.29) is 5.04 Å². The van der Waals surface area contributed by atoms with Gasteiger partial charge < -0.3 is 42.3 Å². The Morgan fingerprint density at radius 1 is 0.333 bits per heavy atom. The zero-order valence-corrected chi connectivity index (χ0v) is 37.7. The van der Waals surface area contributed by atoms with Crippen molar-refractivity contribution in [3.8, 4) is 0 Å². The van der Waals surface area contributed by atoms with Gasteiger partial charge in [-0.15, -0.1) is 0 Å². The van der Waals surface area contributed by atoms with Crippen LogP contribution >= 0.6 is 0 Å². The summed E-state index contributed by atoms with van der Waals surface area (Å²) in [5, 5.41) is 2.50. The molecule has 57 heavy (non-hydrogen) atoms. The lowest BCUT2D eigenvalue weighted by molar-refractivity contribution is -0.0237. The normalized spacial score (nSPS) is 12.1. The molecule has 9 nitrogen and oxygen atoms in total. The maximum atomic E-state index is 6.86. The minimum Gasteiger partial charge on any atom is -0.405 e. The van der Waals surface area contributed by atoms with Gasteiger partial charge in [0, 0.05) is 6.61 Å². The Kier molecular flexibility index (Phi) is 32.6. The van der Waals surface area contributed by atoms with E-state index in [1.807, 2.05) is 0 Å². The monoisotopic (exact) mass is 819 g/mol. The maximum Gasteiger partial charge on any atom is 0.261 e. The minimum absolute atomic E-state index is 0.0507. The Morgan fingerprint density at radius 3 is 0.895 bits per heavy atom. The van der Waals surface area contributed by atoms with E-state index in [9.17, 15) is 0 Å². The Morgan fingerprint density at radius 2 is 0.596 bits per heavy atom. The van der Waals surface area contributed by atoms with Gasteiger partial charge in [0.15, 0.2) is 0 Å². The fourth-order valence-electron chi connectivity index (χ4n) is 6.88. The summed E-state index contributed by atoms with van der Waals surface area (Å²) in [6.45, 7) is 18.7. The first-order chi connectivity index (χ1) is 28.0. The minimum atomic E-state index is -2.53. The highest BCUT2D eigenvalue weighted by Crippen LogP contribution is 2.36. The van der Waals surface area contributed by atoms with Gasteiger partial charge in [-0.05, 0) is 21.8 Å². The topological polar surface area (TPSA) is 83.1 Å². The molecule has 328 valence electrons. The van der Waals surface area contributed by atoms with Crippen LogP contribution in [0.2, 0.25) is 5.04 Å². The summed E-state index contributed by atoms with van der Waals surface area (Å²) in [6, 6.07) is 21.4. The lowest BCUT2D eigenvalue weighted by Crippen LogP contribution is -2.66. The van der Waals surface area contributed by atoms with Crippen molar-refractivity contribution < 1.29 is 42.3 Å². The smallest absolute Gasteiger partial charge is 0.261 e. The van der Waals surface area contributed by atoms with Crippen molar-refractivity contribution in [2.24, 2.45) is 0 Å². The molecule has 0 saturated carbocycles. The van der Waals surface area contributed by atoms with Crippen LogP contribution in [0.5, 0.6) is 0 Å². The van der Waals surface area contributed by atoms with Crippen molar-refractivity contribution >= 4 is 18.7 Å². The van der Waals surface area contributed by atoms with Crippen molar-refractivity contribution in [3.63, 3.8) is 0 Å². The molecule has 0 amide bonds. The second kappa shape index (κ2) is 36.2. The van der Waals surface area contributed by atoms with Crippen molar-refractivity contribution in [3.05, 3.63) is 60.7 Å². The molecule has 0 spiro atoms. The van der Waals surface area contributed by atoms with Gasteiger partial charge in [-0.2, -0.15) is 0 Å². The van der Waals surface area contributed by atoms with Gasteiger partial charge in [0.05, 0.1) is 106 Å². The van der Waals surface area contributed by atoms with E-state index in [2.05, 4.69) is 88.4 Å². The Hall–Kier alpha value is -1.70. The summed E-state index contributed by atoms with van der Waals surface area (Å²) in [5.41, 5.74) is 0. The van der Waals surface area contributed by atoms with Gasteiger partial charge in [0.1, 0.15) is 0 Å². The average Bonchev–Trinajstić information content (AvgIpc) is 3.22. The fraction of sp³-hybridized carbons (Fsp3) is 0.745. The molecule has 2 rings (SSSR count). The van der Waals surface area contributed by atoms with E-state index in [0.29, 0.717) is 106 Å². The molecular weight excluding hydrogens is 737 g/mol. The van der Waals surface area contributed by atoms with Crippen LogP contribution in [0.4, 0.5) is 0 Å². The Balaban J connectivity index is 1.27. The molecule has 0 aliphatic heterocycles. The molecule has 0 bridgehead atoms. The highest BCUT2D eigenvalue weighted by atomic mass is 28.4. The quantitative estimate of drug-likeness (QED) is 0.0483. The van der Waals surface area contributed by atoms with Gasteiger partial charge in [-0.3, -0.25) is 0 Å². The molecule has 0 aliphatic carbocycles. The third-order valence-corrected chi connectivity index (χ3v) is 15.0. The van der Waals surface area contributed by atoms with E-state index in [4.69, 9.17) is 42.3 Å². The predicted molar refractivity (Wildman–Crippen MR) is 236 cm³/mol. The third-order valence-electron chi connectivity index (χ3n) is 9.96. The van der Waals surface area contributed by atoms with E-state index >= 15 is 0 Å². The first-order valence-electron chi connectivity index (χ1n) is 22.4. The molecule has 0 heterocycles. The van der Waals surface area contributed by atoms with E-state index in [1.165, 1.54) is 87.4 Å². The number of hydrogen-bond acceptors (Lipinski definition) is 9. The van der Waals surface area contributed by atoms with E-state index in [1.54, 1.807) is 0 Å². The summed E-state index contributed by atoms with van der Waals surface area (Å²) < 4.78 is 52.0. The van der Waals surface area contributed by atoms with Gasteiger partial charge in [-0.1, -0.05) is 165 Å². The predicted octanol–water partition coefficient (Wildman–Crippen LogP) is 8.79. The Bertz CT molecular complexity index is 1080. The molecule has 0 atom stereocenters. The first kappa shape index (κ1) is 51.4. The van der Waals surface area contributed by atoms with Crippen LogP contribution in [0.15, 0.2) is 60.7 Å². The average molecular weight is 819 g/mol. The summed E-state index contributed by atoms with van der Waals surface area (Å²) in [7, 11) is -2.53. The lowest BCUT2D eigenvalue weighted by Gasteiger charge is -2.43. The van der Waals surface area contributed by atoms with Crippen LogP contribution in [-0.2, 0) is 42.3 Å². The molecule has 0 fully saturated rings. The summed E-state index contributed by atoms with van der Waals surface area (Å²) in [4.78, 5) is 0. The number of ether oxygens (including phenoxy) is 8. The number of benzene rings is 2. The zero-order valence-electron chi connectivity index (χ0n) is 36.7. The highest BCUT2D eigenvalue weighted by molar-refractivity contribution is 6.99. The molecule has 0 aromatic heterocycles. The van der Waals surface area contributed by atoms with Crippen molar-refractivity contribution in [2.45, 2.75) is 116 Å². The molecule has 0 unspecified atom stereocenters. The number of rotatable bonds is 41. The van der Waals surface area contributed by atoms with E-state index < -0.39 is 8.32 Å². The lowest BCUT2D eigenvalue weighted by atomic mass is 10.0. The SMILES string of the molecule is CCCCCCCCCCCCCCCOCCOCCOCCOCCOCCOCCOCCOCCO[Si](c1ccccc1)(c1ccccc1)C(C)(C)C. The van der Waals surface area contributed by atoms with Gasteiger partial charge in [0.2, 0.25) is 0 Å². The van der Waals surface area contributed by atoms with Crippen LogP contribution in [0.1, 0.15) is 111 Å². The third kappa shape index (κ3) is 25.5. The van der Waals surface area contributed by atoms with Crippen molar-refractivity contribution in [2.75, 3.05) is 112 Å². The van der Waals surface area contributed by atoms with Crippen molar-refractivity contribution in [1.29, 1.82) is 0 Å². The van der Waals surface area contributed by atoms with Crippen LogP contribution in [0.25, 0.3) is 0 Å². The van der Waals surface area contributed by atoms with Crippen LogP contribution in [-0.4, -0.2) is 121 Å². The second-order valence-electron chi connectivity index (χ2n) is 15.7. The van der Waals surface area contributed by atoms with Gasteiger partial charge in [-0.25, -0.2) is 0 Å². The zero-order chi connectivity index (χ0) is 40.8. The van der Waals surface area contributed by atoms with Crippen LogP contribution in [0.3, 0.4) is 0 Å². The molecule has 0 saturated heterocycles. The van der Waals surface area contributed by atoms with E-state index in [0.717, 1.165) is 13.0 Å². The summed E-state index contributed by atoms with van der Waals surface area (Å²) >= 11 is 0. The summed E-state index contributed by atoms with van der Waals surface area (Å²) in [5.74, 6) is 0. The molecule has 0 N–H and O–H groups in total. The maximum absolute atomic E-state index is 6.86. The molecular formula is C47H82O9Si. The highest BCUT2D eigenvalue weighted by Gasteiger charge is 2.50. The van der Waals surface area contributed by atoms with Crippen molar-refractivity contribution in [1.82, 2.24) is 0 Å². The number of hydrogen-bond donors (Lipinski definition) is 0. The largest absolute Gasteiger partial charge is 0.405 e. The summed E-state index contributed by atoms with van der Waals surface area (Å²) in [6.07, 6.45) is 17.8. The molecule has 2 aromatic carbocycles. The van der Waals surface area contributed by atoms with Crippen LogP contribution in [0, 0.1) is 0 Å². The van der Waals surface area contributed by atoms with Crippen LogP contribution < -0.4 is 10.4 Å². The number of unbranched alkanes of at least 4 members (excludes halogenated alkanes) is 12. The molecule has 0 radical (unpaired) electrons. The fourth-order valence-corrected chi connectivity index (χ4v) is 11.4. The standard InChI is InChI=1S/C47H82O9Si/c1-5-6-7-8-9-10-11-12-13-14-15-16-23-28-48-29-30-49-31-32-50-33-34-51-35-36-52-37-38-53-39-40-54-41-42-55-43-44-56-57(47(2,3)4,45-24-19-17-20-25-45)46-26-21-18-22-27-46/h17-22,24-27H,5-16,23,28-44H2,1-4H3. The van der Waals surface area contributed by atoms with Gasteiger partial charge in [0.25, 0.3) is 8.32 Å². The molecule has 10 heteroatoms. The second-order valence-corrected chi connectivity index (χ2v) is 20.0. The Labute approximate surface area is 349 Å². The van der Waals surface area contributed by atoms with Gasteiger partial charge >= 0.3 is 0 Å². The molecule has 0 aliphatic rings. The molecule has 2 aromatic rings.